The highest BCUT2D eigenvalue weighted by Crippen LogP contribution is 2.33. The second-order valence-corrected chi connectivity index (χ2v) is 5.28. The van der Waals surface area contributed by atoms with Gasteiger partial charge in [0, 0.05) is 24.6 Å². The van der Waals surface area contributed by atoms with Gasteiger partial charge in [-0.2, -0.15) is 0 Å². The summed E-state index contributed by atoms with van der Waals surface area (Å²) in [6.45, 7) is 7.59. The van der Waals surface area contributed by atoms with Crippen LogP contribution in [0.15, 0.2) is 0 Å². The van der Waals surface area contributed by atoms with Crippen molar-refractivity contribution in [2.24, 2.45) is 11.3 Å². The van der Waals surface area contributed by atoms with Crippen LogP contribution in [0.5, 0.6) is 0 Å². The number of hydrogen-bond acceptors (Lipinski definition) is 2. The molecule has 0 spiro atoms. The molecule has 1 aliphatic rings. The minimum absolute atomic E-state index is 0.0256. The van der Waals surface area contributed by atoms with Gasteiger partial charge in [-0.3, -0.25) is 0 Å². The van der Waals surface area contributed by atoms with E-state index in [1.807, 2.05) is 0 Å². The van der Waals surface area contributed by atoms with Crippen molar-refractivity contribution in [3.63, 3.8) is 0 Å². The van der Waals surface area contributed by atoms with Crippen LogP contribution in [0.2, 0.25) is 0 Å². The molecule has 1 aliphatic carbocycles. The Kier molecular flexibility index (Phi) is 3.74. The zero-order valence-electron chi connectivity index (χ0n) is 9.14. The third-order valence-corrected chi connectivity index (χ3v) is 2.74. The highest BCUT2D eigenvalue weighted by atomic mass is 16.3. The molecule has 13 heavy (non-hydrogen) atoms. The summed E-state index contributed by atoms with van der Waals surface area (Å²) in [7, 11) is 0. The van der Waals surface area contributed by atoms with E-state index >= 15 is 0 Å². The number of aliphatic hydroxyl groups excluding tert-OH is 1. The molecule has 0 saturated heterocycles. The van der Waals surface area contributed by atoms with Crippen molar-refractivity contribution in [3.8, 4) is 0 Å². The largest absolute Gasteiger partial charge is 0.396 e. The first-order valence-electron chi connectivity index (χ1n) is 5.38. The first-order chi connectivity index (χ1) is 6.03. The molecule has 0 aromatic carbocycles. The Balaban J connectivity index is 2.09. The maximum absolute atomic E-state index is 9.06. The van der Waals surface area contributed by atoms with Gasteiger partial charge < -0.3 is 10.4 Å². The zero-order chi connectivity index (χ0) is 9.90. The molecule has 78 valence electrons. The minimum Gasteiger partial charge on any atom is -0.396 e. The second kappa shape index (κ2) is 4.43. The molecular weight excluding hydrogens is 162 g/mol. The highest BCUT2D eigenvalue weighted by Gasteiger charge is 2.24. The Hall–Kier alpha value is -0.0800. The molecule has 1 saturated carbocycles. The topological polar surface area (TPSA) is 32.3 Å². The van der Waals surface area contributed by atoms with Crippen LogP contribution in [0, 0.1) is 11.3 Å². The van der Waals surface area contributed by atoms with E-state index in [1.54, 1.807) is 0 Å². The lowest BCUT2D eigenvalue weighted by Crippen LogP contribution is -2.37. The molecule has 1 fully saturated rings. The van der Waals surface area contributed by atoms with Crippen LogP contribution in [0.25, 0.3) is 0 Å². The third-order valence-electron chi connectivity index (χ3n) is 2.74. The van der Waals surface area contributed by atoms with E-state index in [4.69, 9.17) is 5.11 Å². The molecule has 0 aliphatic heterocycles. The van der Waals surface area contributed by atoms with Crippen LogP contribution >= 0.6 is 0 Å². The molecular formula is C11H23NO. The molecule has 1 atom stereocenters. The smallest absolute Gasteiger partial charge is 0.0494 e. The summed E-state index contributed by atoms with van der Waals surface area (Å²) < 4.78 is 0. The molecule has 1 unspecified atom stereocenters. The maximum Gasteiger partial charge on any atom is 0.0494 e. The number of hydrogen-bond donors (Lipinski definition) is 2. The van der Waals surface area contributed by atoms with Crippen LogP contribution in [0.4, 0.5) is 0 Å². The highest BCUT2D eigenvalue weighted by molar-refractivity contribution is 4.79. The molecule has 0 aromatic heterocycles. The fraction of sp³-hybridized carbons (Fsp3) is 1.00. The van der Waals surface area contributed by atoms with E-state index in [0.717, 1.165) is 12.5 Å². The Bertz CT molecular complexity index is 152. The monoisotopic (exact) mass is 185 g/mol. The summed E-state index contributed by atoms with van der Waals surface area (Å²) in [6.07, 6.45) is 4.16. The van der Waals surface area contributed by atoms with Gasteiger partial charge in [0.15, 0.2) is 0 Å². The van der Waals surface area contributed by atoms with Gasteiger partial charge in [-0.25, -0.2) is 0 Å². The average Bonchev–Trinajstić information content (AvgIpc) is 2.85. The first-order valence-corrected chi connectivity index (χ1v) is 5.38. The van der Waals surface area contributed by atoms with Crippen molar-refractivity contribution in [2.45, 2.75) is 46.1 Å². The van der Waals surface area contributed by atoms with E-state index in [-0.39, 0.29) is 12.0 Å². The lowest BCUT2D eigenvalue weighted by molar-refractivity contribution is 0.153. The van der Waals surface area contributed by atoms with E-state index in [2.05, 4.69) is 26.1 Å². The molecule has 0 heterocycles. The van der Waals surface area contributed by atoms with E-state index in [1.165, 1.54) is 19.3 Å². The maximum atomic E-state index is 9.06. The van der Waals surface area contributed by atoms with Gasteiger partial charge in [-0.1, -0.05) is 26.7 Å². The molecule has 2 heteroatoms. The average molecular weight is 185 g/mol. The lowest BCUT2D eigenvalue weighted by Gasteiger charge is -2.24. The van der Waals surface area contributed by atoms with Crippen molar-refractivity contribution in [3.05, 3.63) is 0 Å². The summed E-state index contributed by atoms with van der Waals surface area (Å²) >= 11 is 0. The summed E-state index contributed by atoms with van der Waals surface area (Å²) in [5, 5.41) is 12.5. The van der Waals surface area contributed by atoms with E-state index in [9.17, 15) is 0 Å². The van der Waals surface area contributed by atoms with Crippen molar-refractivity contribution in [1.82, 2.24) is 5.32 Å². The van der Waals surface area contributed by atoms with Crippen molar-refractivity contribution in [1.29, 1.82) is 0 Å². The number of rotatable bonds is 6. The van der Waals surface area contributed by atoms with Gasteiger partial charge in [0.2, 0.25) is 0 Å². The SMILES string of the molecule is CC(CC1CC1)NCC(C)(C)CO. The number of aliphatic hydroxyl groups is 1. The van der Waals surface area contributed by atoms with Gasteiger partial charge in [0.1, 0.15) is 0 Å². The fourth-order valence-electron chi connectivity index (χ4n) is 1.44. The van der Waals surface area contributed by atoms with Crippen molar-refractivity contribution in [2.75, 3.05) is 13.2 Å². The van der Waals surface area contributed by atoms with Gasteiger partial charge >= 0.3 is 0 Å². The predicted octanol–water partition coefficient (Wildman–Crippen LogP) is 1.78. The van der Waals surface area contributed by atoms with Crippen LogP contribution in [0.1, 0.15) is 40.0 Å². The van der Waals surface area contributed by atoms with Gasteiger partial charge in [-0.15, -0.1) is 0 Å². The van der Waals surface area contributed by atoms with E-state index < -0.39 is 0 Å². The summed E-state index contributed by atoms with van der Waals surface area (Å²) in [6, 6.07) is 0.610. The van der Waals surface area contributed by atoms with Crippen LogP contribution in [0.3, 0.4) is 0 Å². The first kappa shape index (κ1) is 11.0. The van der Waals surface area contributed by atoms with Gasteiger partial charge in [0.25, 0.3) is 0 Å². The molecule has 1 rings (SSSR count). The molecule has 0 amide bonds. The summed E-state index contributed by atoms with van der Waals surface area (Å²) in [4.78, 5) is 0. The van der Waals surface area contributed by atoms with Crippen molar-refractivity contribution < 1.29 is 5.11 Å². The molecule has 0 radical (unpaired) electrons. The normalized spacial score (nSPS) is 20.3. The Morgan fingerprint density at radius 3 is 2.54 bits per heavy atom. The summed E-state index contributed by atoms with van der Waals surface area (Å²) in [5.41, 5.74) is 0.0256. The van der Waals surface area contributed by atoms with Crippen LogP contribution in [-0.4, -0.2) is 24.3 Å². The second-order valence-electron chi connectivity index (χ2n) is 5.28. The van der Waals surface area contributed by atoms with Crippen molar-refractivity contribution >= 4 is 0 Å². The van der Waals surface area contributed by atoms with Gasteiger partial charge in [0.05, 0.1) is 0 Å². The summed E-state index contributed by atoms with van der Waals surface area (Å²) in [5.74, 6) is 0.986. The quantitative estimate of drug-likeness (QED) is 0.661. The third kappa shape index (κ3) is 4.63. The zero-order valence-corrected chi connectivity index (χ0v) is 9.14. The lowest BCUT2D eigenvalue weighted by atomic mass is 9.94. The Morgan fingerprint density at radius 1 is 1.46 bits per heavy atom. The molecule has 0 bridgehead atoms. The fourth-order valence-corrected chi connectivity index (χ4v) is 1.44. The van der Waals surface area contributed by atoms with Crippen LogP contribution in [-0.2, 0) is 0 Å². The minimum atomic E-state index is 0.0256. The molecule has 2 nitrogen and oxygen atoms in total. The van der Waals surface area contributed by atoms with Gasteiger partial charge in [-0.05, 0) is 19.3 Å². The Morgan fingerprint density at radius 2 is 2.08 bits per heavy atom. The molecule has 0 aromatic rings. The number of nitrogens with one attached hydrogen (secondary N) is 1. The van der Waals surface area contributed by atoms with E-state index in [0.29, 0.717) is 6.04 Å². The standard InChI is InChI=1S/C11H23NO/c1-9(6-10-4-5-10)12-7-11(2,3)8-13/h9-10,12-13H,4-8H2,1-3H3. The predicted molar refractivity (Wildman–Crippen MR) is 55.7 cm³/mol. The molecule has 2 N–H and O–H groups in total. The Labute approximate surface area is 81.7 Å². The van der Waals surface area contributed by atoms with Crippen LogP contribution < -0.4 is 5.32 Å².